The van der Waals surface area contributed by atoms with E-state index in [9.17, 15) is 0 Å². The third-order valence-electron chi connectivity index (χ3n) is 0. The number of hydrogen-bond acceptors (Lipinski definition) is 0. The van der Waals surface area contributed by atoms with Crippen molar-refractivity contribution in [2.24, 2.45) is 0 Å². The first kappa shape index (κ1) is 83.7. The van der Waals surface area contributed by atoms with E-state index < -0.39 is 0 Å². The van der Waals surface area contributed by atoms with Crippen LogP contribution in [0.3, 0.4) is 0 Å². The second kappa shape index (κ2) is 60.0. The molecule has 0 fully saturated rings. The minimum absolute atomic E-state index is 0. The molecule has 0 aromatic heterocycles. The molecule has 7 heteroatoms. The molecule has 0 N–H and O–H groups in total. The van der Waals surface area contributed by atoms with Crippen LogP contribution in [0.1, 0.15) is 0 Å². The van der Waals surface area contributed by atoms with Crippen LogP contribution in [0.15, 0.2) is 0 Å². The first-order chi connectivity index (χ1) is 0. The molecule has 0 aliphatic rings. The maximum atomic E-state index is 0. The average Bonchev–Trinajstić information content (AvgIpc) is 0. The first-order valence-electron chi connectivity index (χ1n) is 0. The fourth-order valence-corrected chi connectivity index (χ4v) is 0. The van der Waals surface area contributed by atoms with Gasteiger partial charge in [0, 0.05) is 0 Å². The molecule has 0 rings (SSSR count). The van der Waals surface area contributed by atoms with Gasteiger partial charge in [-0.1, -0.05) is 0 Å². The molecule has 0 heterocycles. The molecule has 4 radical (unpaired) electrons. The van der Waals surface area contributed by atoms with Crippen LogP contribution in [0.25, 0.3) is 0 Å². The van der Waals surface area contributed by atoms with Gasteiger partial charge in [0.25, 0.3) is 0 Å². The van der Waals surface area contributed by atoms with Crippen molar-refractivity contribution in [3.8, 4) is 0 Å². The van der Waals surface area contributed by atoms with Crippen LogP contribution in [0.5, 0.6) is 0 Å². The monoisotopic (exact) mass is 730 g/mol. The standard InChI is InChI=1S/2Bi.3O.2H2Te/h;;;;;2*1H2/q2*+3;3*-2;;. The van der Waals surface area contributed by atoms with Crippen LogP contribution in [-0.4, -0.2) is 99.7 Å². The summed E-state index contributed by atoms with van der Waals surface area (Å²) in [5.74, 6) is 0. The molecule has 0 bridgehead atoms. The van der Waals surface area contributed by atoms with Gasteiger partial charge in [0.1, 0.15) is 0 Å². The predicted molar refractivity (Wildman–Crippen MR) is 30.7 cm³/mol. The van der Waals surface area contributed by atoms with E-state index in [0.717, 1.165) is 0 Å². The van der Waals surface area contributed by atoms with Gasteiger partial charge in [-0.15, -0.1) is 0 Å². The van der Waals surface area contributed by atoms with Crippen LogP contribution in [0, 0.1) is 0 Å². The van der Waals surface area contributed by atoms with Crippen molar-refractivity contribution in [1.82, 2.24) is 0 Å². The molecule has 0 atom stereocenters. The Morgan fingerprint density at radius 3 is 0.429 bits per heavy atom. The summed E-state index contributed by atoms with van der Waals surface area (Å²) in [5.41, 5.74) is 0. The zero-order chi connectivity index (χ0) is 0. The molecule has 44 valence electrons. The van der Waals surface area contributed by atoms with Crippen molar-refractivity contribution in [3.63, 3.8) is 0 Å². The van der Waals surface area contributed by atoms with Gasteiger partial charge >= 0.3 is 99.7 Å². The molecule has 0 aliphatic carbocycles. The molecular formula is H4Bi2O3Te2. The van der Waals surface area contributed by atoms with E-state index in [1.165, 1.54) is 0 Å². The van der Waals surface area contributed by atoms with E-state index >= 15 is 0 Å². The summed E-state index contributed by atoms with van der Waals surface area (Å²) in [6.07, 6.45) is 0. The van der Waals surface area contributed by atoms with Gasteiger partial charge in [0.05, 0.1) is 0 Å². The normalized spacial score (nSPS) is 0. The fraction of sp³-hybridized carbons (Fsp3) is 0. The Bertz CT molecular complexity index is 10.9. The quantitative estimate of drug-likeness (QED) is 0.240. The zero-order valence-corrected chi connectivity index (χ0v) is 15.8. The van der Waals surface area contributed by atoms with E-state index in [-0.39, 0.29) is 116 Å². The van der Waals surface area contributed by atoms with Crippen molar-refractivity contribution in [2.75, 3.05) is 0 Å². The molecule has 0 unspecified atom stereocenters. The van der Waals surface area contributed by atoms with Gasteiger partial charge in [-0.25, -0.2) is 0 Å². The van der Waals surface area contributed by atoms with Gasteiger partial charge in [-0.3, -0.25) is 0 Å². The van der Waals surface area contributed by atoms with Gasteiger partial charge in [-0.2, -0.15) is 0 Å². The summed E-state index contributed by atoms with van der Waals surface area (Å²) in [6.45, 7) is 0. The Labute approximate surface area is 114 Å². The van der Waals surface area contributed by atoms with Crippen LogP contribution >= 0.6 is 0 Å². The third kappa shape index (κ3) is 46.3. The van der Waals surface area contributed by atoms with Crippen molar-refractivity contribution in [1.29, 1.82) is 0 Å². The van der Waals surface area contributed by atoms with Gasteiger partial charge in [-0.05, 0) is 0 Å². The number of rotatable bonds is 0. The van der Waals surface area contributed by atoms with Gasteiger partial charge in [0.2, 0.25) is 0 Å². The van der Waals surface area contributed by atoms with Crippen molar-refractivity contribution < 1.29 is 16.4 Å². The minimum atomic E-state index is 0. The van der Waals surface area contributed by atoms with E-state index in [1.54, 1.807) is 0 Å². The molecule has 0 aromatic carbocycles. The fourth-order valence-electron chi connectivity index (χ4n) is 0. The van der Waals surface area contributed by atoms with E-state index in [1.807, 2.05) is 0 Å². The SMILES string of the molecule is [Bi+3].[Bi+3].[O-2].[O-2].[O-2].[TeH2].[TeH2]. The van der Waals surface area contributed by atoms with Crippen LogP contribution < -0.4 is 0 Å². The topological polar surface area (TPSA) is 85.5 Å². The van der Waals surface area contributed by atoms with Crippen LogP contribution in [0.4, 0.5) is 0 Å². The van der Waals surface area contributed by atoms with E-state index in [0.29, 0.717) is 0 Å². The molecule has 0 amide bonds. The summed E-state index contributed by atoms with van der Waals surface area (Å²) in [5, 5.41) is 0. The zero-order valence-electron chi connectivity index (χ0n) is 3.12. The molecule has 0 saturated carbocycles. The van der Waals surface area contributed by atoms with Crippen LogP contribution in [-0.2, 0) is 16.4 Å². The molecule has 0 saturated heterocycles. The Kier molecular flexibility index (Phi) is 717. The summed E-state index contributed by atoms with van der Waals surface area (Å²) in [7, 11) is 0. The number of hydrogen-bond donors (Lipinski definition) is 0. The maximum absolute atomic E-state index is 0. The Balaban J connectivity index is 0. The Morgan fingerprint density at radius 2 is 0.429 bits per heavy atom. The molecule has 0 aliphatic heterocycles. The van der Waals surface area contributed by atoms with Crippen molar-refractivity contribution in [2.45, 2.75) is 0 Å². The van der Waals surface area contributed by atoms with Gasteiger partial charge in [0.15, 0.2) is 0 Å². The molecule has 3 nitrogen and oxygen atoms in total. The predicted octanol–water partition coefficient (Wildman–Crippen LogP) is -2.95. The molecular weight excluding hydrogens is 721 g/mol. The average molecular weight is 725 g/mol. The molecule has 7 heavy (non-hydrogen) atoms. The van der Waals surface area contributed by atoms with Crippen LogP contribution in [0.2, 0.25) is 0 Å². The van der Waals surface area contributed by atoms with Crippen molar-refractivity contribution in [3.05, 3.63) is 0 Å². The molecule has 0 aromatic rings. The molecule has 0 spiro atoms. The summed E-state index contributed by atoms with van der Waals surface area (Å²) < 4.78 is 0. The summed E-state index contributed by atoms with van der Waals surface area (Å²) >= 11 is 0. The van der Waals surface area contributed by atoms with Crippen molar-refractivity contribution >= 4 is 99.7 Å². The van der Waals surface area contributed by atoms with Gasteiger partial charge < -0.3 is 16.4 Å². The summed E-state index contributed by atoms with van der Waals surface area (Å²) in [6, 6.07) is 0. The second-order valence-corrected chi connectivity index (χ2v) is 0. The third-order valence-corrected chi connectivity index (χ3v) is 0. The second-order valence-electron chi connectivity index (χ2n) is 0. The Morgan fingerprint density at radius 1 is 0.429 bits per heavy atom. The first-order valence-corrected chi connectivity index (χ1v) is 0. The van der Waals surface area contributed by atoms with E-state index in [4.69, 9.17) is 0 Å². The summed E-state index contributed by atoms with van der Waals surface area (Å²) in [4.78, 5) is 0. The van der Waals surface area contributed by atoms with E-state index in [2.05, 4.69) is 0 Å². The Hall–Kier alpha value is 3.23.